The van der Waals surface area contributed by atoms with Crippen LogP contribution in [0.1, 0.15) is 19.8 Å². The number of hydrogen-bond donors (Lipinski definition) is 2. The summed E-state index contributed by atoms with van der Waals surface area (Å²) in [4.78, 5) is 9.84. The Hall–Kier alpha value is -1.67. The molecule has 1 saturated carbocycles. The second-order valence-electron chi connectivity index (χ2n) is 4.73. The topological polar surface area (TPSA) is 115 Å². The van der Waals surface area contributed by atoms with E-state index < -0.39 is 14.9 Å². The average Bonchev–Trinajstić information content (AvgIpc) is 3.11. The van der Waals surface area contributed by atoms with Crippen molar-refractivity contribution in [1.82, 2.24) is 4.72 Å². The predicted octanol–water partition coefficient (Wildman–Crippen LogP) is 1.25. The van der Waals surface area contributed by atoms with Crippen molar-refractivity contribution in [1.29, 1.82) is 0 Å². The third-order valence-electron chi connectivity index (χ3n) is 3.16. The Bertz CT molecular complexity index is 610. The molecular formula is C11H15N3O4S. The molecule has 1 atom stereocenters. The highest BCUT2D eigenvalue weighted by atomic mass is 32.2. The van der Waals surface area contributed by atoms with Gasteiger partial charge in [0.2, 0.25) is 10.0 Å². The lowest BCUT2D eigenvalue weighted by atomic mass is 10.2. The number of nitro groups is 1. The standard InChI is InChI=1S/C11H15N3O4S/c1-7(8-2-3-8)13-19(17,18)11-5-4-9(14(15)16)6-10(11)12/h4-8,13H,2-3,12H2,1H3. The summed E-state index contributed by atoms with van der Waals surface area (Å²) in [5, 5.41) is 10.6. The summed E-state index contributed by atoms with van der Waals surface area (Å²) in [5.74, 6) is 0.369. The van der Waals surface area contributed by atoms with Crippen LogP contribution in [0.15, 0.2) is 23.1 Å². The zero-order valence-electron chi connectivity index (χ0n) is 10.4. The molecule has 1 fully saturated rings. The van der Waals surface area contributed by atoms with E-state index in [1.807, 2.05) is 0 Å². The van der Waals surface area contributed by atoms with Gasteiger partial charge in [-0.1, -0.05) is 0 Å². The first-order valence-corrected chi connectivity index (χ1v) is 7.36. The van der Waals surface area contributed by atoms with Crippen molar-refractivity contribution in [2.45, 2.75) is 30.7 Å². The van der Waals surface area contributed by atoms with Crippen molar-refractivity contribution in [3.8, 4) is 0 Å². The van der Waals surface area contributed by atoms with Crippen LogP contribution in [0.3, 0.4) is 0 Å². The molecule has 8 heteroatoms. The quantitative estimate of drug-likeness (QED) is 0.480. The van der Waals surface area contributed by atoms with Gasteiger partial charge in [0.1, 0.15) is 4.90 Å². The van der Waals surface area contributed by atoms with Gasteiger partial charge in [-0.25, -0.2) is 13.1 Å². The molecule has 1 aliphatic rings. The van der Waals surface area contributed by atoms with E-state index in [-0.39, 0.29) is 22.3 Å². The summed E-state index contributed by atoms with van der Waals surface area (Å²) in [7, 11) is -3.74. The van der Waals surface area contributed by atoms with Crippen LogP contribution < -0.4 is 10.5 Å². The number of anilines is 1. The highest BCUT2D eigenvalue weighted by Gasteiger charge is 2.32. The van der Waals surface area contributed by atoms with Gasteiger partial charge in [0.15, 0.2) is 0 Å². The molecule has 19 heavy (non-hydrogen) atoms. The molecule has 1 unspecified atom stereocenters. The maximum atomic E-state index is 12.1. The number of rotatable bonds is 5. The Labute approximate surface area is 111 Å². The Balaban J connectivity index is 2.27. The van der Waals surface area contributed by atoms with Crippen molar-refractivity contribution in [3.05, 3.63) is 28.3 Å². The van der Waals surface area contributed by atoms with Crippen molar-refractivity contribution in [3.63, 3.8) is 0 Å². The lowest BCUT2D eigenvalue weighted by Crippen LogP contribution is -2.34. The molecule has 0 spiro atoms. The number of nitrogens with zero attached hydrogens (tertiary/aromatic N) is 1. The van der Waals surface area contributed by atoms with Crippen molar-refractivity contribution >= 4 is 21.4 Å². The van der Waals surface area contributed by atoms with Gasteiger partial charge in [0.05, 0.1) is 10.6 Å². The fourth-order valence-electron chi connectivity index (χ4n) is 1.89. The second-order valence-corrected chi connectivity index (χ2v) is 6.41. The minimum Gasteiger partial charge on any atom is -0.397 e. The van der Waals surface area contributed by atoms with E-state index in [2.05, 4.69) is 4.72 Å². The van der Waals surface area contributed by atoms with Crippen molar-refractivity contribution in [2.75, 3.05) is 5.73 Å². The first-order chi connectivity index (χ1) is 8.81. The fraction of sp³-hybridized carbons (Fsp3) is 0.455. The predicted molar refractivity (Wildman–Crippen MR) is 70.0 cm³/mol. The summed E-state index contributed by atoms with van der Waals surface area (Å²) < 4.78 is 26.8. The van der Waals surface area contributed by atoms with Crippen LogP contribution in [-0.2, 0) is 10.0 Å². The highest BCUT2D eigenvalue weighted by Crippen LogP contribution is 2.33. The number of nitro benzene ring substituents is 1. The zero-order chi connectivity index (χ0) is 14.2. The van der Waals surface area contributed by atoms with Gasteiger partial charge in [0, 0.05) is 18.2 Å². The fourth-order valence-corrected chi connectivity index (χ4v) is 3.32. The molecule has 0 aromatic heterocycles. The summed E-state index contributed by atoms with van der Waals surface area (Å²) in [6.07, 6.45) is 2.03. The van der Waals surface area contributed by atoms with Gasteiger partial charge < -0.3 is 5.73 Å². The number of sulfonamides is 1. The summed E-state index contributed by atoms with van der Waals surface area (Å²) in [6, 6.07) is 3.19. The second kappa shape index (κ2) is 4.78. The van der Waals surface area contributed by atoms with Crippen LogP contribution in [-0.4, -0.2) is 19.4 Å². The molecule has 0 amide bonds. The first kappa shape index (κ1) is 13.8. The van der Waals surface area contributed by atoms with E-state index >= 15 is 0 Å². The van der Waals surface area contributed by atoms with Gasteiger partial charge in [-0.3, -0.25) is 10.1 Å². The lowest BCUT2D eigenvalue weighted by Gasteiger charge is -2.14. The van der Waals surface area contributed by atoms with Crippen LogP contribution in [0.2, 0.25) is 0 Å². The molecule has 0 radical (unpaired) electrons. The molecule has 0 bridgehead atoms. The smallest absolute Gasteiger partial charge is 0.271 e. The molecule has 1 aromatic rings. The monoisotopic (exact) mass is 285 g/mol. The first-order valence-electron chi connectivity index (χ1n) is 5.87. The normalized spacial score (nSPS) is 17.1. The molecular weight excluding hydrogens is 270 g/mol. The Kier molecular flexibility index (Phi) is 3.46. The molecule has 104 valence electrons. The molecule has 7 nitrogen and oxygen atoms in total. The van der Waals surface area contributed by atoms with E-state index in [1.54, 1.807) is 6.92 Å². The summed E-state index contributed by atoms with van der Waals surface area (Å²) in [6.45, 7) is 1.80. The molecule has 0 heterocycles. The minimum absolute atomic E-state index is 0.120. The summed E-state index contributed by atoms with van der Waals surface area (Å²) >= 11 is 0. The van der Waals surface area contributed by atoms with E-state index in [0.29, 0.717) is 5.92 Å². The largest absolute Gasteiger partial charge is 0.397 e. The maximum absolute atomic E-state index is 12.1. The van der Waals surface area contributed by atoms with Gasteiger partial charge in [0.25, 0.3) is 5.69 Å². The number of non-ortho nitro benzene ring substituents is 1. The van der Waals surface area contributed by atoms with Gasteiger partial charge in [-0.15, -0.1) is 0 Å². The summed E-state index contributed by atoms with van der Waals surface area (Å²) in [5.41, 5.74) is 5.24. The lowest BCUT2D eigenvalue weighted by molar-refractivity contribution is -0.384. The van der Waals surface area contributed by atoms with Crippen molar-refractivity contribution in [2.24, 2.45) is 5.92 Å². The third kappa shape index (κ3) is 3.02. The van der Waals surface area contributed by atoms with Crippen molar-refractivity contribution < 1.29 is 13.3 Å². The Morgan fingerprint density at radius 1 is 1.47 bits per heavy atom. The van der Waals surface area contributed by atoms with Gasteiger partial charge in [-0.05, 0) is 31.7 Å². The van der Waals surface area contributed by atoms with E-state index in [4.69, 9.17) is 5.73 Å². The number of benzene rings is 1. The number of nitrogens with one attached hydrogen (secondary N) is 1. The van der Waals surface area contributed by atoms with Crippen LogP contribution in [0.25, 0.3) is 0 Å². The minimum atomic E-state index is -3.74. The Morgan fingerprint density at radius 2 is 2.11 bits per heavy atom. The zero-order valence-corrected chi connectivity index (χ0v) is 11.2. The molecule has 0 aliphatic heterocycles. The molecule has 1 aliphatic carbocycles. The van der Waals surface area contributed by atoms with Crippen LogP contribution >= 0.6 is 0 Å². The van der Waals surface area contributed by atoms with E-state index in [0.717, 1.165) is 31.0 Å². The number of nitrogens with two attached hydrogens (primary N) is 1. The van der Waals surface area contributed by atoms with E-state index in [1.165, 1.54) is 0 Å². The number of hydrogen-bond acceptors (Lipinski definition) is 5. The van der Waals surface area contributed by atoms with Gasteiger partial charge >= 0.3 is 0 Å². The average molecular weight is 285 g/mol. The van der Waals surface area contributed by atoms with Gasteiger partial charge in [-0.2, -0.15) is 0 Å². The molecule has 1 aromatic carbocycles. The molecule has 0 saturated heterocycles. The highest BCUT2D eigenvalue weighted by molar-refractivity contribution is 7.89. The van der Waals surface area contributed by atoms with Crippen LogP contribution in [0, 0.1) is 16.0 Å². The SMILES string of the molecule is CC(NS(=O)(=O)c1ccc([N+](=O)[O-])cc1N)C1CC1. The van der Waals surface area contributed by atoms with Crippen LogP contribution in [0.5, 0.6) is 0 Å². The Morgan fingerprint density at radius 3 is 2.58 bits per heavy atom. The maximum Gasteiger partial charge on any atom is 0.271 e. The molecule has 2 rings (SSSR count). The third-order valence-corrected chi connectivity index (χ3v) is 4.80. The molecule has 3 N–H and O–H groups in total. The van der Waals surface area contributed by atoms with Crippen LogP contribution in [0.4, 0.5) is 11.4 Å². The van der Waals surface area contributed by atoms with E-state index in [9.17, 15) is 18.5 Å². The number of nitrogen functional groups attached to an aromatic ring is 1.